The van der Waals surface area contributed by atoms with Crippen molar-refractivity contribution in [3.63, 3.8) is 0 Å². The molecular formula is C17H24N2O2. The van der Waals surface area contributed by atoms with E-state index in [4.69, 9.17) is 4.74 Å². The number of rotatable bonds is 2. The Balaban J connectivity index is 1.47. The Morgan fingerprint density at radius 1 is 1.19 bits per heavy atom. The van der Waals surface area contributed by atoms with Crippen LogP contribution < -0.4 is 5.32 Å². The number of carbonyl (C=O) groups excluding carboxylic acids is 1. The van der Waals surface area contributed by atoms with E-state index < -0.39 is 5.41 Å². The molecule has 4 nitrogen and oxygen atoms in total. The molecule has 0 aromatic heterocycles. The van der Waals surface area contributed by atoms with Gasteiger partial charge in [-0.25, -0.2) is 0 Å². The highest BCUT2D eigenvalue weighted by molar-refractivity contribution is 5.90. The van der Waals surface area contributed by atoms with Crippen molar-refractivity contribution in [2.75, 3.05) is 6.61 Å². The molecule has 0 bridgehead atoms. The van der Waals surface area contributed by atoms with Gasteiger partial charge in [0.1, 0.15) is 5.41 Å². The summed E-state index contributed by atoms with van der Waals surface area (Å²) in [7, 11) is 0. The maximum atomic E-state index is 12.8. The minimum Gasteiger partial charge on any atom is -0.378 e. The zero-order valence-electron chi connectivity index (χ0n) is 12.6. The van der Waals surface area contributed by atoms with E-state index in [1.807, 2.05) is 0 Å². The lowest BCUT2D eigenvalue weighted by Crippen LogP contribution is -2.48. The zero-order valence-corrected chi connectivity index (χ0v) is 12.6. The van der Waals surface area contributed by atoms with Crippen LogP contribution in [0.1, 0.15) is 57.8 Å². The van der Waals surface area contributed by atoms with Crippen molar-refractivity contribution in [2.24, 2.45) is 16.7 Å². The van der Waals surface area contributed by atoms with E-state index in [9.17, 15) is 10.1 Å². The average molecular weight is 288 g/mol. The number of carbonyl (C=O) groups is 1. The first-order chi connectivity index (χ1) is 10.2. The minimum absolute atomic E-state index is 0.0180. The number of fused-ring (bicyclic) bond motifs is 1. The molecule has 21 heavy (non-hydrogen) atoms. The van der Waals surface area contributed by atoms with Crippen molar-refractivity contribution in [1.29, 1.82) is 5.26 Å². The Labute approximate surface area is 126 Å². The molecule has 1 spiro atoms. The van der Waals surface area contributed by atoms with Gasteiger partial charge >= 0.3 is 0 Å². The molecule has 1 amide bonds. The molecule has 1 N–H and O–H groups in total. The number of nitrogens with zero attached hydrogens (tertiary/aromatic N) is 1. The highest BCUT2D eigenvalue weighted by Crippen LogP contribution is 2.71. The van der Waals surface area contributed by atoms with Crippen LogP contribution in [0.5, 0.6) is 0 Å². The smallest absolute Gasteiger partial charge is 0.241 e. The number of ether oxygens (including phenoxy) is 1. The van der Waals surface area contributed by atoms with E-state index in [1.54, 1.807) is 0 Å². The second-order valence-electron chi connectivity index (χ2n) is 7.55. The fourth-order valence-electron chi connectivity index (χ4n) is 5.30. The van der Waals surface area contributed by atoms with Crippen LogP contribution in [0.25, 0.3) is 0 Å². The molecule has 1 heterocycles. The summed E-state index contributed by atoms with van der Waals surface area (Å²) in [5.41, 5.74) is -0.692. The fraction of sp³-hybridized carbons (Fsp3) is 0.882. The first-order valence-electron chi connectivity index (χ1n) is 8.55. The Hall–Kier alpha value is -1.08. The summed E-state index contributed by atoms with van der Waals surface area (Å²) in [6.07, 6.45) is 9.96. The summed E-state index contributed by atoms with van der Waals surface area (Å²) in [5, 5.41) is 12.9. The van der Waals surface area contributed by atoms with E-state index in [1.165, 1.54) is 12.8 Å². The van der Waals surface area contributed by atoms with Crippen LogP contribution >= 0.6 is 0 Å². The van der Waals surface area contributed by atoms with E-state index >= 15 is 0 Å². The van der Waals surface area contributed by atoms with Crippen molar-refractivity contribution in [3.8, 4) is 6.07 Å². The molecule has 4 aliphatic rings. The van der Waals surface area contributed by atoms with Gasteiger partial charge in [0.2, 0.25) is 5.91 Å². The van der Waals surface area contributed by atoms with Gasteiger partial charge in [0, 0.05) is 24.0 Å². The molecule has 3 aliphatic carbocycles. The predicted molar refractivity (Wildman–Crippen MR) is 77.2 cm³/mol. The third-order valence-electron chi connectivity index (χ3n) is 6.62. The third kappa shape index (κ3) is 1.86. The van der Waals surface area contributed by atoms with Crippen LogP contribution in [-0.4, -0.2) is 24.7 Å². The summed E-state index contributed by atoms with van der Waals surface area (Å²) in [5.74, 6) is 0.487. The van der Waals surface area contributed by atoms with Crippen LogP contribution in [0.15, 0.2) is 0 Å². The Bertz CT molecular complexity index is 492. The second-order valence-corrected chi connectivity index (χ2v) is 7.55. The van der Waals surface area contributed by atoms with Gasteiger partial charge in [-0.3, -0.25) is 4.79 Å². The normalized spacial score (nSPS) is 43.3. The highest BCUT2D eigenvalue weighted by atomic mass is 16.5. The van der Waals surface area contributed by atoms with E-state index in [2.05, 4.69) is 11.4 Å². The lowest BCUT2D eigenvalue weighted by atomic mass is 9.81. The first kappa shape index (κ1) is 13.6. The summed E-state index contributed by atoms with van der Waals surface area (Å²) in [6, 6.07) is 2.62. The van der Waals surface area contributed by atoms with Crippen molar-refractivity contribution in [1.82, 2.24) is 5.32 Å². The minimum atomic E-state index is -0.712. The molecule has 1 saturated heterocycles. The Kier molecular flexibility index (Phi) is 3.04. The molecule has 114 valence electrons. The van der Waals surface area contributed by atoms with Gasteiger partial charge in [0.25, 0.3) is 0 Å². The third-order valence-corrected chi connectivity index (χ3v) is 6.62. The standard InChI is InChI=1S/C17H24N2O2/c18-11-17(10-16(17)7-1-2-8-16)15(20)19-13-4-3-5-14-12(13)6-9-21-14/h12-14H,1-10H2,(H,19,20)/t12-,13-,14-,17+/m1/s1. The zero-order chi connectivity index (χ0) is 14.5. The van der Waals surface area contributed by atoms with E-state index in [0.717, 1.165) is 51.6 Å². The molecule has 4 heteroatoms. The lowest BCUT2D eigenvalue weighted by Gasteiger charge is -2.34. The van der Waals surface area contributed by atoms with Gasteiger partial charge in [-0.1, -0.05) is 12.8 Å². The van der Waals surface area contributed by atoms with E-state index in [0.29, 0.717) is 12.0 Å². The van der Waals surface area contributed by atoms with Crippen LogP contribution in [0, 0.1) is 28.1 Å². The van der Waals surface area contributed by atoms with Gasteiger partial charge in [0.15, 0.2) is 0 Å². The first-order valence-corrected chi connectivity index (χ1v) is 8.55. The summed E-state index contributed by atoms with van der Waals surface area (Å²) < 4.78 is 5.77. The quantitative estimate of drug-likeness (QED) is 0.849. The van der Waals surface area contributed by atoms with Crippen molar-refractivity contribution in [2.45, 2.75) is 69.9 Å². The fourth-order valence-corrected chi connectivity index (χ4v) is 5.30. The lowest BCUT2D eigenvalue weighted by molar-refractivity contribution is -0.127. The van der Waals surface area contributed by atoms with Gasteiger partial charge in [0.05, 0.1) is 12.2 Å². The van der Waals surface area contributed by atoms with Crippen LogP contribution in [-0.2, 0) is 9.53 Å². The predicted octanol–water partition coefficient (Wildman–Crippen LogP) is 2.53. The van der Waals surface area contributed by atoms with Crippen LogP contribution in [0.4, 0.5) is 0 Å². The highest BCUT2D eigenvalue weighted by Gasteiger charge is 2.73. The van der Waals surface area contributed by atoms with Crippen molar-refractivity contribution < 1.29 is 9.53 Å². The maximum absolute atomic E-state index is 12.8. The monoisotopic (exact) mass is 288 g/mol. The molecule has 4 rings (SSSR count). The van der Waals surface area contributed by atoms with Gasteiger partial charge < -0.3 is 10.1 Å². The molecule has 4 fully saturated rings. The summed E-state index contributed by atoms with van der Waals surface area (Å²) >= 11 is 0. The number of hydrogen-bond acceptors (Lipinski definition) is 3. The molecule has 3 saturated carbocycles. The van der Waals surface area contributed by atoms with Gasteiger partial charge in [-0.2, -0.15) is 5.26 Å². The molecule has 4 atom stereocenters. The maximum Gasteiger partial charge on any atom is 0.241 e. The topological polar surface area (TPSA) is 62.1 Å². The number of nitrogens with one attached hydrogen (secondary N) is 1. The number of hydrogen-bond donors (Lipinski definition) is 1. The molecule has 0 radical (unpaired) electrons. The largest absolute Gasteiger partial charge is 0.378 e. The summed E-state index contributed by atoms with van der Waals surface area (Å²) in [6.45, 7) is 0.828. The van der Waals surface area contributed by atoms with Gasteiger partial charge in [-0.15, -0.1) is 0 Å². The summed E-state index contributed by atoms with van der Waals surface area (Å²) in [4.78, 5) is 12.8. The van der Waals surface area contributed by atoms with Crippen molar-refractivity contribution >= 4 is 5.91 Å². The van der Waals surface area contributed by atoms with Crippen LogP contribution in [0.2, 0.25) is 0 Å². The molecule has 0 unspecified atom stereocenters. The number of nitriles is 1. The molecule has 0 aromatic rings. The molecular weight excluding hydrogens is 264 g/mol. The molecule has 0 aromatic carbocycles. The van der Waals surface area contributed by atoms with Gasteiger partial charge in [-0.05, 0) is 44.9 Å². The van der Waals surface area contributed by atoms with Crippen molar-refractivity contribution in [3.05, 3.63) is 0 Å². The average Bonchev–Trinajstić information content (AvgIpc) is 2.87. The Morgan fingerprint density at radius 3 is 2.76 bits per heavy atom. The van der Waals surface area contributed by atoms with E-state index in [-0.39, 0.29) is 17.4 Å². The number of amides is 1. The second kappa shape index (κ2) is 4.71. The molecule has 1 aliphatic heterocycles. The van der Waals surface area contributed by atoms with Crippen LogP contribution in [0.3, 0.4) is 0 Å². The Morgan fingerprint density at radius 2 is 2.00 bits per heavy atom. The SMILES string of the molecule is N#C[C@]1(C(=O)N[C@@H]2CCC[C@H]3OCC[C@H]23)CC12CCCC2.